The minimum absolute atomic E-state index is 0.00799. The lowest BCUT2D eigenvalue weighted by atomic mass is 10.2. The number of aryl methyl sites for hydroxylation is 1. The van der Waals surface area contributed by atoms with E-state index in [0.717, 1.165) is 12.1 Å². The Hall–Kier alpha value is -2.24. The lowest BCUT2D eigenvalue weighted by Gasteiger charge is -2.12. The minimum atomic E-state index is -4.46. The van der Waals surface area contributed by atoms with Crippen molar-refractivity contribution in [1.29, 1.82) is 0 Å². The van der Waals surface area contributed by atoms with Gasteiger partial charge >= 0.3 is 6.18 Å². The summed E-state index contributed by atoms with van der Waals surface area (Å²) in [5.74, 6) is 0.421. The summed E-state index contributed by atoms with van der Waals surface area (Å²) in [7, 11) is 0. The standard InChI is InChI=1S/C13H11F3N2O/c1-8-12(3-2-4-18-8)19-11-6-9(13(14,15)16)5-10(17)7-11/h2-7H,17H2,1H3. The van der Waals surface area contributed by atoms with E-state index in [1.165, 1.54) is 6.07 Å². The van der Waals surface area contributed by atoms with E-state index in [4.69, 9.17) is 10.5 Å². The van der Waals surface area contributed by atoms with Gasteiger partial charge in [0.15, 0.2) is 0 Å². The SMILES string of the molecule is Cc1ncccc1Oc1cc(N)cc(C(F)(F)F)c1. The summed E-state index contributed by atoms with van der Waals surface area (Å²) in [5, 5.41) is 0. The van der Waals surface area contributed by atoms with E-state index >= 15 is 0 Å². The Balaban J connectivity index is 2.36. The van der Waals surface area contributed by atoms with Crippen LogP contribution in [0.15, 0.2) is 36.5 Å². The van der Waals surface area contributed by atoms with E-state index in [2.05, 4.69) is 4.98 Å². The summed E-state index contributed by atoms with van der Waals surface area (Å²) >= 11 is 0. The molecule has 2 rings (SSSR count). The molecule has 0 spiro atoms. The Kier molecular flexibility index (Phi) is 3.33. The van der Waals surface area contributed by atoms with Gasteiger partial charge in [0.05, 0.1) is 11.3 Å². The molecule has 0 saturated carbocycles. The van der Waals surface area contributed by atoms with Gasteiger partial charge in [-0.3, -0.25) is 4.98 Å². The van der Waals surface area contributed by atoms with Crippen LogP contribution in [0.2, 0.25) is 0 Å². The summed E-state index contributed by atoms with van der Waals surface area (Å²) in [6.45, 7) is 1.70. The quantitative estimate of drug-likeness (QED) is 0.843. The first-order valence-corrected chi connectivity index (χ1v) is 5.43. The zero-order chi connectivity index (χ0) is 14.0. The summed E-state index contributed by atoms with van der Waals surface area (Å²) < 4.78 is 43.3. The number of nitrogens with two attached hydrogens (primary N) is 1. The molecule has 19 heavy (non-hydrogen) atoms. The van der Waals surface area contributed by atoms with E-state index in [0.29, 0.717) is 11.4 Å². The van der Waals surface area contributed by atoms with Gasteiger partial charge in [-0.2, -0.15) is 13.2 Å². The molecule has 0 aliphatic carbocycles. The van der Waals surface area contributed by atoms with Gasteiger partial charge in [0.2, 0.25) is 0 Å². The molecular formula is C13H11F3N2O. The highest BCUT2D eigenvalue weighted by Crippen LogP contribution is 2.35. The van der Waals surface area contributed by atoms with Crippen LogP contribution in [0.4, 0.5) is 18.9 Å². The number of hydrogen-bond acceptors (Lipinski definition) is 3. The molecule has 1 aromatic heterocycles. The molecule has 0 radical (unpaired) electrons. The second kappa shape index (κ2) is 4.79. The number of nitrogens with zero attached hydrogens (tertiary/aromatic N) is 1. The van der Waals surface area contributed by atoms with E-state index in [1.54, 1.807) is 25.3 Å². The first-order valence-electron chi connectivity index (χ1n) is 5.43. The molecular weight excluding hydrogens is 257 g/mol. The Labute approximate surface area is 107 Å². The molecule has 2 N–H and O–H groups in total. The van der Waals surface area contributed by atoms with Crippen molar-refractivity contribution in [2.45, 2.75) is 13.1 Å². The number of ether oxygens (including phenoxy) is 1. The predicted molar refractivity (Wildman–Crippen MR) is 64.9 cm³/mol. The lowest BCUT2D eigenvalue weighted by Crippen LogP contribution is -2.06. The van der Waals surface area contributed by atoms with E-state index < -0.39 is 11.7 Å². The highest BCUT2D eigenvalue weighted by Gasteiger charge is 2.31. The molecule has 0 amide bonds. The fraction of sp³-hybridized carbons (Fsp3) is 0.154. The normalized spacial score (nSPS) is 11.4. The molecule has 1 aromatic carbocycles. The Bertz CT molecular complexity index is 597. The minimum Gasteiger partial charge on any atom is -0.455 e. The lowest BCUT2D eigenvalue weighted by molar-refractivity contribution is -0.137. The number of rotatable bonds is 2. The number of anilines is 1. The van der Waals surface area contributed by atoms with Crippen molar-refractivity contribution in [2.75, 3.05) is 5.73 Å². The topological polar surface area (TPSA) is 48.1 Å². The van der Waals surface area contributed by atoms with Gasteiger partial charge in [-0.25, -0.2) is 0 Å². The van der Waals surface area contributed by atoms with Gasteiger partial charge in [-0.05, 0) is 31.2 Å². The number of hydrogen-bond donors (Lipinski definition) is 1. The zero-order valence-corrected chi connectivity index (χ0v) is 10.0. The van der Waals surface area contributed by atoms with Gasteiger partial charge in [-0.15, -0.1) is 0 Å². The molecule has 0 aliphatic heterocycles. The average molecular weight is 268 g/mol. The number of pyridine rings is 1. The summed E-state index contributed by atoms with van der Waals surface area (Å²) in [4.78, 5) is 3.99. The molecule has 0 fully saturated rings. The highest BCUT2D eigenvalue weighted by atomic mass is 19.4. The van der Waals surface area contributed by atoms with Crippen molar-refractivity contribution < 1.29 is 17.9 Å². The molecule has 3 nitrogen and oxygen atoms in total. The monoisotopic (exact) mass is 268 g/mol. The average Bonchev–Trinajstić information content (AvgIpc) is 2.30. The van der Waals surface area contributed by atoms with Crippen LogP contribution in [0.25, 0.3) is 0 Å². The van der Waals surface area contributed by atoms with Crippen LogP contribution in [0.3, 0.4) is 0 Å². The van der Waals surface area contributed by atoms with Crippen LogP contribution < -0.4 is 10.5 Å². The molecule has 0 saturated heterocycles. The van der Waals surface area contributed by atoms with Gasteiger partial charge in [0.25, 0.3) is 0 Å². The fourth-order valence-electron chi connectivity index (χ4n) is 1.55. The maximum absolute atomic E-state index is 12.6. The first kappa shape index (κ1) is 13.2. The number of benzene rings is 1. The Morgan fingerprint density at radius 1 is 1.21 bits per heavy atom. The number of nitrogen functional groups attached to an aromatic ring is 1. The Morgan fingerprint density at radius 2 is 1.95 bits per heavy atom. The molecule has 0 unspecified atom stereocenters. The predicted octanol–water partition coefficient (Wildman–Crippen LogP) is 3.78. The number of alkyl halides is 3. The number of halogens is 3. The smallest absolute Gasteiger partial charge is 0.416 e. The maximum atomic E-state index is 12.6. The van der Waals surface area contributed by atoms with Crippen molar-refractivity contribution >= 4 is 5.69 Å². The maximum Gasteiger partial charge on any atom is 0.416 e. The van der Waals surface area contributed by atoms with Crippen LogP contribution in [-0.2, 0) is 6.18 Å². The molecule has 0 atom stereocenters. The van der Waals surface area contributed by atoms with Crippen molar-refractivity contribution in [2.24, 2.45) is 0 Å². The van der Waals surface area contributed by atoms with Crippen molar-refractivity contribution in [1.82, 2.24) is 4.98 Å². The molecule has 0 bridgehead atoms. The van der Waals surface area contributed by atoms with Crippen molar-refractivity contribution in [3.05, 3.63) is 47.8 Å². The second-order valence-corrected chi connectivity index (χ2v) is 3.98. The number of aromatic nitrogens is 1. The van der Waals surface area contributed by atoms with Crippen LogP contribution in [-0.4, -0.2) is 4.98 Å². The second-order valence-electron chi connectivity index (χ2n) is 3.98. The molecule has 0 aliphatic rings. The third-order valence-corrected chi connectivity index (χ3v) is 2.44. The van der Waals surface area contributed by atoms with E-state index in [-0.39, 0.29) is 11.4 Å². The third kappa shape index (κ3) is 3.15. The van der Waals surface area contributed by atoms with E-state index in [9.17, 15) is 13.2 Å². The molecule has 100 valence electrons. The van der Waals surface area contributed by atoms with Crippen LogP contribution in [0.1, 0.15) is 11.3 Å². The molecule has 6 heteroatoms. The fourth-order valence-corrected chi connectivity index (χ4v) is 1.55. The largest absolute Gasteiger partial charge is 0.455 e. The first-order chi connectivity index (χ1) is 8.86. The van der Waals surface area contributed by atoms with E-state index in [1.807, 2.05) is 0 Å². The van der Waals surface area contributed by atoms with Gasteiger partial charge in [-0.1, -0.05) is 0 Å². The Morgan fingerprint density at radius 3 is 2.58 bits per heavy atom. The van der Waals surface area contributed by atoms with Gasteiger partial charge in [0.1, 0.15) is 11.5 Å². The van der Waals surface area contributed by atoms with Crippen molar-refractivity contribution in [3.8, 4) is 11.5 Å². The summed E-state index contributed by atoms with van der Waals surface area (Å²) in [6, 6.07) is 6.37. The van der Waals surface area contributed by atoms with Crippen LogP contribution >= 0.6 is 0 Å². The molecule has 1 heterocycles. The summed E-state index contributed by atoms with van der Waals surface area (Å²) in [5.41, 5.74) is 5.18. The van der Waals surface area contributed by atoms with Crippen LogP contribution in [0, 0.1) is 6.92 Å². The van der Waals surface area contributed by atoms with Gasteiger partial charge in [0, 0.05) is 18.0 Å². The molecule has 2 aromatic rings. The van der Waals surface area contributed by atoms with Crippen LogP contribution in [0.5, 0.6) is 11.5 Å². The third-order valence-electron chi connectivity index (χ3n) is 2.44. The highest BCUT2D eigenvalue weighted by molar-refractivity contribution is 5.49. The van der Waals surface area contributed by atoms with Gasteiger partial charge < -0.3 is 10.5 Å². The zero-order valence-electron chi connectivity index (χ0n) is 10.0. The van der Waals surface area contributed by atoms with Crippen molar-refractivity contribution in [3.63, 3.8) is 0 Å². The summed E-state index contributed by atoms with van der Waals surface area (Å²) in [6.07, 6.45) is -2.89.